The molecule has 0 radical (unpaired) electrons. The van der Waals surface area contributed by atoms with Crippen molar-refractivity contribution in [2.24, 2.45) is 0 Å². The van der Waals surface area contributed by atoms with Gasteiger partial charge >= 0.3 is 49.5 Å². The molecule has 0 fully saturated rings. The quantitative estimate of drug-likeness (QED) is 0.559. The van der Waals surface area contributed by atoms with Gasteiger partial charge in [-0.2, -0.15) is 0 Å². The first-order valence-corrected chi connectivity index (χ1v) is 2.95. The molecule has 0 heterocycles. The van der Waals surface area contributed by atoms with Crippen LogP contribution in [0.2, 0.25) is 0 Å². The molecule has 0 unspecified atom stereocenters. The van der Waals surface area contributed by atoms with E-state index in [0.29, 0.717) is 0 Å². The van der Waals surface area contributed by atoms with Crippen molar-refractivity contribution in [2.45, 2.75) is 6.42 Å². The Kier molecular flexibility index (Phi) is 3.44. The van der Waals surface area contributed by atoms with Crippen molar-refractivity contribution >= 4 is 8.41 Å². The third-order valence-corrected chi connectivity index (χ3v) is 1.50. The molecule has 7 heavy (non-hydrogen) atoms. The van der Waals surface area contributed by atoms with E-state index < -0.39 is 0 Å². The molecule has 0 N–H and O–H groups in total. The van der Waals surface area contributed by atoms with Crippen molar-refractivity contribution in [3.63, 3.8) is 0 Å². The van der Waals surface area contributed by atoms with Gasteiger partial charge in [0.15, 0.2) is 0 Å². The minimum atomic E-state index is 0. The Bertz CT molecular complexity index is 109. The maximum Gasteiger partial charge on any atom is -1.00 e. The van der Waals surface area contributed by atoms with Crippen LogP contribution in [0.5, 0.6) is 0 Å². The van der Waals surface area contributed by atoms with Crippen molar-refractivity contribution in [3.05, 3.63) is 22.0 Å². The molecular formula is C5H9AuB-. The van der Waals surface area contributed by atoms with Crippen molar-refractivity contribution in [1.29, 1.82) is 0 Å². The molecular weight excluding hydrogens is 268 g/mol. The van der Waals surface area contributed by atoms with E-state index in [2.05, 4.69) is 39.3 Å². The van der Waals surface area contributed by atoms with Crippen molar-refractivity contribution in [1.82, 2.24) is 0 Å². The summed E-state index contributed by atoms with van der Waals surface area (Å²) in [6.07, 6.45) is 7.48. The summed E-state index contributed by atoms with van der Waals surface area (Å²) in [5.74, 6) is 0. The van der Waals surface area contributed by atoms with Crippen molar-refractivity contribution < 1.29 is 22.5 Å². The summed E-state index contributed by atoms with van der Waals surface area (Å²) in [6, 6.07) is 0. The zero-order valence-corrected chi connectivity index (χ0v) is 5.41. The van der Waals surface area contributed by atoms with Crippen molar-refractivity contribution in [2.75, 3.05) is 0 Å². The van der Waals surface area contributed by atoms with Crippen LogP contribution in [0.3, 0.4) is 0 Å². The van der Waals surface area contributed by atoms with Gasteiger partial charge < -0.3 is 1.43 Å². The van der Waals surface area contributed by atoms with E-state index >= 15 is 0 Å². The Labute approximate surface area is 59.7 Å². The fourth-order valence-corrected chi connectivity index (χ4v) is 0.869. The molecule has 0 saturated carbocycles. The van der Waals surface area contributed by atoms with Gasteiger partial charge in [-0.15, -0.1) is 0 Å². The molecule has 1 aliphatic carbocycles. The third-order valence-electron chi connectivity index (χ3n) is 0.698. The van der Waals surface area contributed by atoms with E-state index in [1.54, 1.807) is 0 Å². The van der Waals surface area contributed by atoms with Gasteiger partial charge in [0.25, 0.3) is 0 Å². The Morgan fingerprint density at radius 1 is 1.71 bits per heavy atom. The molecule has 2 heteroatoms. The first kappa shape index (κ1) is 7.29. The molecule has 0 aromatic heterocycles. The summed E-state index contributed by atoms with van der Waals surface area (Å²) in [4.78, 5) is 0. The first-order valence-electron chi connectivity index (χ1n) is 1.87. The maximum absolute atomic E-state index is 2.49. The smallest absolute Gasteiger partial charge is 1.00 e. The molecule has 44 valence electrons. The second kappa shape index (κ2) is 3.31. The molecule has 0 saturated heterocycles. The second-order valence-electron chi connectivity index (χ2n) is 1.20. The van der Waals surface area contributed by atoms with Gasteiger partial charge in [0.2, 0.25) is 0 Å². The number of allylic oxidation sites excluding steroid dienone is 4. The Balaban J connectivity index is 0. The monoisotopic (exact) mass is 277 g/mol. The number of hydrogen-bond donors (Lipinski definition) is 0. The Morgan fingerprint density at radius 3 is 2.57 bits per heavy atom. The average Bonchev–Trinajstić information content (AvgIpc) is 1.86. The zero-order chi connectivity index (χ0) is 4.41. The van der Waals surface area contributed by atoms with Crippen molar-refractivity contribution in [3.8, 4) is 0 Å². The summed E-state index contributed by atoms with van der Waals surface area (Å²) in [7, 11) is 0. The van der Waals surface area contributed by atoms with E-state index in [-0.39, 0.29) is 9.84 Å². The normalized spacial score (nSPS) is 16.0. The predicted molar refractivity (Wildman–Crippen MR) is 32.9 cm³/mol. The molecule has 0 nitrogen and oxygen atoms in total. The molecule has 0 bridgehead atoms. The van der Waals surface area contributed by atoms with Gasteiger partial charge in [0, 0.05) is 0 Å². The zero-order valence-electron chi connectivity index (χ0n) is 4.24. The molecule has 0 amide bonds. The van der Waals surface area contributed by atoms with Gasteiger partial charge in [0.05, 0.1) is 8.41 Å². The van der Waals surface area contributed by atoms with E-state index in [1.807, 2.05) is 0 Å². The first-order chi connectivity index (χ1) is 2.89. The van der Waals surface area contributed by atoms with Crippen LogP contribution in [-0.2, 0) is 21.1 Å². The van der Waals surface area contributed by atoms with Crippen LogP contribution in [0.1, 0.15) is 7.85 Å². The largest absolute Gasteiger partial charge is 1.00 e. The third kappa shape index (κ3) is 2.17. The molecule has 0 aromatic rings. The maximum atomic E-state index is 2.49. The summed E-state index contributed by atoms with van der Waals surface area (Å²) >= 11 is 2.49. The standard InChI is InChI=1S/C5H5.Au.BH3.H/c1-2-4-5-3-1;;;/h1-3H,4H2;;1H3;/q;;;-1. The van der Waals surface area contributed by atoms with E-state index in [0.717, 1.165) is 6.42 Å². The van der Waals surface area contributed by atoms with Gasteiger partial charge in [-0.05, 0) is 0 Å². The van der Waals surface area contributed by atoms with Gasteiger partial charge in [-0.3, -0.25) is 0 Å². The fourth-order valence-electron chi connectivity index (χ4n) is 0.405. The predicted octanol–water partition coefficient (Wildman–Crippen LogP) is 0.306. The minimum Gasteiger partial charge on any atom is -1.00 e. The Morgan fingerprint density at radius 2 is 2.43 bits per heavy atom. The van der Waals surface area contributed by atoms with Crippen LogP contribution in [0.25, 0.3) is 0 Å². The van der Waals surface area contributed by atoms with Gasteiger partial charge in [-0.1, -0.05) is 0 Å². The van der Waals surface area contributed by atoms with Crippen LogP contribution >= 0.6 is 0 Å². The molecule has 0 spiro atoms. The van der Waals surface area contributed by atoms with E-state index in [9.17, 15) is 0 Å². The van der Waals surface area contributed by atoms with Gasteiger partial charge in [0.1, 0.15) is 0 Å². The van der Waals surface area contributed by atoms with Crippen LogP contribution in [-0.4, -0.2) is 8.41 Å². The Hall–Kier alpha value is 0.285. The summed E-state index contributed by atoms with van der Waals surface area (Å²) in [6.45, 7) is 0. The number of rotatable bonds is 0. The minimum absolute atomic E-state index is 0. The molecule has 0 aromatic carbocycles. The SMILES string of the molecule is B.[Au][C]1=CC=CC1.[H-]. The van der Waals surface area contributed by atoms with Crippen LogP contribution < -0.4 is 0 Å². The molecule has 0 atom stereocenters. The summed E-state index contributed by atoms with van der Waals surface area (Å²) < 4.78 is 1.41. The molecule has 0 aliphatic heterocycles. The van der Waals surface area contributed by atoms with Crippen LogP contribution in [0.4, 0.5) is 0 Å². The summed E-state index contributed by atoms with van der Waals surface area (Å²) in [5, 5.41) is 0. The fraction of sp³-hybridized carbons (Fsp3) is 0.200. The second-order valence-corrected chi connectivity index (χ2v) is 2.59. The van der Waals surface area contributed by atoms with Gasteiger partial charge in [-0.25, -0.2) is 0 Å². The van der Waals surface area contributed by atoms with E-state index in [1.165, 1.54) is 3.79 Å². The molecule has 1 rings (SSSR count). The van der Waals surface area contributed by atoms with E-state index in [4.69, 9.17) is 0 Å². The topological polar surface area (TPSA) is 0 Å². The average molecular weight is 277 g/mol. The number of hydrogen-bond acceptors (Lipinski definition) is 0. The molecule has 1 aliphatic rings. The van der Waals surface area contributed by atoms with Crippen LogP contribution in [0.15, 0.2) is 22.0 Å². The van der Waals surface area contributed by atoms with Crippen LogP contribution in [0, 0.1) is 0 Å². The summed E-state index contributed by atoms with van der Waals surface area (Å²) in [5.41, 5.74) is 0.